The quantitative estimate of drug-likeness (QED) is 0.808. The van der Waals surface area contributed by atoms with Crippen LogP contribution in [-0.4, -0.2) is 42.6 Å². The summed E-state index contributed by atoms with van der Waals surface area (Å²) in [5.74, 6) is 0.173. The van der Waals surface area contributed by atoms with Crippen LogP contribution in [0, 0.1) is 5.41 Å². The largest absolute Gasteiger partial charge is 0.381 e. The Balaban J connectivity index is 0.00000161. The van der Waals surface area contributed by atoms with Crippen LogP contribution in [0.4, 0.5) is 0 Å². The smallest absolute Gasteiger partial charge is 0.242 e. The van der Waals surface area contributed by atoms with Crippen LogP contribution in [0.2, 0.25) is 0 Å². The van der Waals surface area contributed by atoms with Crippen LogP contribution in [0.3, 0.4) is 0 Å². The number of nitrogens with two attached hydrogens (primary N) is 1. The second-order valence-electron chi connectivity index (χ2n) is 7.12. The molecule has 1 aliphatic carbocycles. The zero-order chi connectivity index (χ0) is 14.1. The number of nitrogens with zero attached hydrogens (tertiary/aromatic N) is 1. The van der Waals surface area contributed by atoms with Crippen LogP contribution in [-0.2, 0) is 9.53 Å². The van der Waals surface area contributed by atoms with E-state index in [0.29, 0.717) is 31.5 Å². The molecule has 2 N–H and O–H groups in total. The fourth-order valence-electron chi connectivity index (χ4n) is 4.25. The van der Waals surface area contributed by atoms with E-state index in [1.54, 1.807) is 0 Å². The van der Waals surface area contributed by atoms with Gasteiger partial charge in [-0.15, -0.1) is 12.4 Å². The minimum atomic E-state index is -0.657. The van der Waals surface area contributed by atoms with Gasteiger partial charge in [-0.1, -0.05) is 19.3 Å². The van der Waals surface area contributed by atoms with Gasteiger partial charge in [-0.05, 0) is 43.9 Å². The van der Waals surface area contributed by atoms with Crippen molar-refractivity contribution in [2.24, 2.45) is 11.1 Å². The third kappa shape index (κ3) is 3.54. The van der Waals surface area contributed by atoms with Gasteiger partial charge < -0.3 is 15.4 Å². The minimum Gasteiger partial charge on any atom is -0.381 e. The molecule has 1 saturated carbocycles. The molecule has 1 spiro atoms. The van der Waals surface area contributed by atoms with Crippen molar-refractivity contribution in [3.05, 3.63) is 0 Å². The van der Waals surface area contributed by atoms with Crippen LogP contribution in [0.5, 0.6) is 0 Å². The summed E-state index contributed by atoms with van der Waals surface area (Å²) in [6, 6.07) is 0. The highest BCUT2D eigenvalue weighted by atomic mass is 35.5. The number of hydrogen-bond acceptors (Lipinski definition) is 3. The number of rotatable bonds is 1. The van der Waals surface area contributed by atoms with Crippen LogP contribution < -0.4 is 5.73 Å². The van der Waals surface area contributed by atoms with E-state index >= 15 is 0 Å². The van der Waals surface area contributed by atoms with Gasteiger partial charge in [0.1, 0.15) is 0 Å². The Labute approximate surface area is 134 Å². The molecular weight excluding hydrogens is 288 g/mol. The predicted octanol–water partition coefficient (Wildman–Crippen LogP) is 2.49. The Morgan fingerprint density at radius 2 is 1.48 bits per heavy atom. The fraction of sp³-hybridized carbons (Fsp3) is 0.938. The molecule has 0 aromatic heterocycles. The summed E-state index contributed by atoms with van der Waals surface area (Å²) in [4.78, 5) is 14.7. The van der Waals surface area contributed by atoms with Crippen molar-refractivity contribution in [3.63, 3.8) is 0 Å². The molecular formula is C16H29ClN2O2. The summed E-state index contributed by atoms with van der Waals surface area (Å²) in [6.07, 6.45) is 10.6. The molecule has 21 heavy (non-hydrogen) atoms. The minimum absolute atomic E-state index is 0. The van der Waals surface area contributed by atoms with E-state index in [4.69, 9.17) is 10.5 Å². The summed E-state index contributed by atoms with van der Waals surface area (Å²) in [5.41, 5.74) is 6.22. The summed E-state index contributed by atoms with van der Waals surface area (Å²) in [6.45, 7) is 3.08. The van der Waals surface area contributed by atoms with E-state index < -0.39 is 5.54 Å². The number of piperidine rings is 1. The molecule has 2 heterocycles. The van der Waals surface area contributed by atoms with Crippen LogP contribution in [0.15, 0.2) is 0 Å². The Bertz CT molecular complexity index is 353. The topological polar surface area (TPSA) is 55.6 Å². The second kappa shape index (κ2) is 6.84. The highest BCUT2D eigenvalue weighted by molar-refractivity contribution is 5.86. The van der Waals surface area contributed by atoms with Crippen molar-refractivity contribution in [1.82, 2.24) is 4.90 Å². The average molecular weight is 317 g/mol. The molecule has 1 amide bonds. The number of ether oxygens (including phenoxy) is 1. The summed E-state index contributed by atoms with van der Waals surface area (Å²) < 4.78 is 5.34. The monoisotopic (exact) mass is 316 g/mol. The Kier molecular flexibility index (Phi) is 5.55. The van der Waals surface area contributed by atoms with Crippen LogP contribution in [0.25, 0.3) is 0 Å². The first-order valence-electron chi connectivity index (χ1n) is 8.30. The van der Waals surface area contributed by atoms with Crippen molar-refractivity contribution in [2.75, 3.05) is 26.3 Å². The Morgan fingerprint density at radius 1 is 0.905 bits per heavy atom. The van der Waals surface area contributed by atoms with Crippen molar-refractivity contribution >= 4 is 18.3 Å². The first kappa shape index (κ1) is 17.0. The molecule has 0 aromatic carbocycles. The van der Waals surface area contributed by atoms with E-state index in [1.807, 2.05) is 4.90 Å². The predicted molar refractivity (Wildman–Crippen MR) is 85.6 cm³/mol. The number of likely N-dealkylation sites (tertiary alicyclic amines) is 1. The lowest BCUT2D eigenvalue weighted by Gasteiger charge is -2.46. The van der Waals surface area contributed by atoms with Crippen molar-refractivity contribution in [2.45, 2.75) is 63.3 Å². The van der Waals surface area contributed by atoms with Gasteiger partial charge in [-0.25, -0.2) is 0 Å². The molecule has 0 unspecified atom stereocenters. The molecule has 0 radical (unpaired) electrons. The van der Waals surface area contributed by atoms with Gasteiger partial charge in [-0.2, -0.15) is 0 Å². The van der Waals surface area contributed by atoms with Crippen molar-refractivity contribution < 1.29 is 9.53 Å². The molecule has 2 aliphatic heterocycles. The van der Waals surface area contributed by atoms with Crippen LogP contribution in [0.1, 0.15) is 57.8 Å². The highest BCUT2D eigenvalue weighted by Crippen LogP contribution is 2.44. The lowest BCUT2D eigenvalue weighted by atomic mass is 9.68. The van der Waals surface area contributed by atoms with E-state index in [0.717, 1.165) is 13.1 Å². The third-order valence-electron chi connectivity index (χ3n) is 5.84. The summed E-state index contributed by atoms with van der Waals surface area (Å²) >= 11 is 0. The number of amides is 1. The molecule has 3 fully saturated rings. The van der Waals surface area contributed by atoms with Gasteiger partial charge in [0.05, 0.1) is 5.54 Å². The number of halogens is 1. The zero-order valence-corrected chi connectivity index (χ0v) is 13.8. The molecule has 0 aromatic rings. The van der Waals surface area contributed by atoms with Gasteiger partial charge in [0.2, 0.25) is 5.91 Å². The number of carbonyl (C=O) groups excluding carboxylic acids is 1. The molecule has 3 aliphatic rings. The highest BCUT2D eigenvalue weighted by Gasteiger charge is 2.42. The van der Waals surface area contributed by atoms with Crippen molar-refractivity contribution in [3.8, 4) is 0 Å². The van der Waals surface area contributed by atoms with E-state index in [-0.39, 0.29) is 18.3 Å². The Morgan fingerprint density at radius 3 is 2.05 bits per heavy atom. The SMILES string of the molecule is Cl.NC1(C(=O)N2CCC3(CCCCC3)CC2)CCOCC1. The normalized spacial score (nSPS) is 28.0. The van der Waals surface area contributed by atoms with E-state index in [2.05, 4.69) is 0 Å². The van der Waals surface area contributed by atoms with Gasteiger partial charge in [0.25, 0.3) is 0 Å². The molecule has 0 atom stereocenters. The van der Waals surface area contributed by atoms with E-state index in [1.165, 1.54) is 44.9 Å². The zero-order valence-electron chi connectivity index (χ0n) is 12.9. The number of hydrogen-bond donors (Lipinski definition) is 1. The lowest BCUT2D eigenvalue weighted by molar-refractivity contribution is -0.143. The molecule has 3 rings (SSSR count). The number of carbonyl (C=O) groups is 1. The molecule has 4 nitrogen and oxygen atoms in total. The molecule has 2 saturated heterocycles. The maximum Gasteiger partial charge on any atom is 0.242 e. The first-order chi connectivity index (χ1) is 9.64. The van der Waals surface area contributed by atoms with Gasteiger partial charge >= 0.3 is 0 Å². The van der Waals surface area contributed by atoms with Gasteiger partial charge in [-0.3, -0.25) is 4.79 Å². The summed E-state index contributed by atoms with van der Waals surface area (Å²) in [5, 5.41) is 0. The second-order valence-corrected chi connectivity index (χ2v) is 7.12. The van der Waals surface area contributed by atoms with Gasteiger partial charge in [0, 0.05) is 26.3 Å². The lowest BCUT2D eigenvalue weighted by Crippen LogP contribution is -2.59. The summed E-state index contributed by atoms with van der Waals surface area (Å²) in [7, 11) is 0. The third-order valence-corrected chi connectivity index (χ3v) is 5.84. The molecule has 122 valence electrons. The fourth-order valence-corrected chi connectivity index (χ4v) is 4.25. The van der Waals surface area contributed by atoms with Gasteiger partial charge in [0.15, 0.2) is 0 Å². The standard InChI is InChI=1S/C16H28N2O2.ClH/c17-16(8-12-20-13-9-16)14(19)18-10-6-15(7-11-18)4-2-1-3-5-15;/h1-13,17H2;1H. The van der Waals surface area contributed by atoms with Crippen molar-refractivity contribution in [1.29, 1.82) is 0 Å². The maximum absolute atomic E-state index is 12.7. The van der Waals surface area contributed by atoms with E-state index in [9.17, 15) is 4.79 Å². The average Bonchev–Trinajstić information content (AvgIpc) is 2.49. The Hall–Kier alpha value is -0.320. The first-order valence-corrected chi connectivity index (χ1v) is 8.30. The van der Waals surface area contributed by atoms with Crippen LogP contribution >= 0.6 is 12.4 Å². The maximum atomic E-state index is 12.7. The molecule has 5 heteroatoms. The molecule has 0 bridgehead atoms.